The number of rotatable bonds is 3. The summed E-state index contributed by atoms with van der Waals surface area (Å²) in [6, 6.07) is 6.81. The summed E-state index contributed by atoms with van der Waals surface area (Å²) in [5.74, 6) is -0.144. The highest BCUT2D eigenvalue weighted by Gasteiger charge is 2.23. The van der Waals surface area contributed by atoms with Gasteiger partial charge in [0.15, 0.2) is 0 Å². The van der Waals surface area contributed by atoms with Crippen molar-refractivity contribution in [2.45, 2.75) is 33.7 Å². The quantitative estimate of drug-likeness (QED) is 0.720. The lowest BCUT2D eigenvalue weighted by molar-refractivity contribution is 0.0772. The Bertz CT molecular complexity index is 1060. The molecule has 0 spiro atoms. The van der Waals surface area contributed by atoms with E-state index in [4.69, 9.17) is 0 Å². The largest absolute Gasteiger partial charge is 0.360 e. The molecule has 0 atom stereocenters. The molecule has 2 aromatic heterocycles. The second-order valence-electron chi connectivity index (χ2n) is 7.15. The third kappa shape index (κ3) is 2.97. The van der Waals surface area contributed by atoms with Gasteiger partial charge in [0.25, 0.3) is 5.91 Å². The fourth-order valence-electron chi connectivity index (χ4n) is 4.14. The van der Waals surface area contributed by atoms with Gasteiger partial charge in [0.2, 0.25) is 0 Å². The molecule has 0 aliphatic carbocycles. The van der Waals surface area contributed by atoms with Crippen LogP contribution in [0.3, 0.4) is 0 Å². The Kier molecular flexibility index (Phi) is 4.38. The number of hydrogen-bond donors (Lipinski definition) is 1. The number of amides is 1. The zero-order valence-corrected chi connectivity index (χ0v) is 16.0. The van der Waals surface area contributed by atoms with Gasteiger partial charge in [-0.2, -0.15) is 0 Å². The van der Waals surface area contributed by atoms with Gasteiger partial charge < -0.3 is 14.5 Å². The average Bonchev–Trinajstić information content (AvgIpc) is 3.21. The number of nitrogens with zero attached hydrogens (tertiary/aromatic N) is 2. The SMILES string of the molecule is CCn1c(C)cc(C(=O)N2CC=C(c3c[nH]c4cc(F)ccc34)CC2)c1C. The molecule has 0 saturated heterocycles. The zero-order chi connectivity index (χ0) is 19.1. The van der Waals surface area contributed by atoms with Crippen LogP contribution in [0.25, 0.3) is 16.5 Å². The molecule has 0 fully saturated rings. The van der Waals surface area contributed by atoms with Crippen LogP contribution < -0.4 is 0 Å². The molecule has 4 rings (SSSR count). The van der Waals surface area contributed by atoms with Gasteiger partial charge in [-0.25, -0.2) is 4.39 Å². The van der Waals surface area contributed by atoms with Gasteiger partial charge in [-0.15, -0.1) is 0 Å². The topological polar surface area (TPSA) is 41.0 Å². The van der Waals surface area contributed by atoms with Crippen molar-refractivity contribution >= 4 is 22.4 Å². The molecule has 0 radical (unpaired) electrons. The lowest BCUT2D eigenvalue weighted by Crippen LogP contribution is -2.34. The average molecular weight is 365 g/mol. The smallest absolute Gasteiger partial charge is 0.255 e. The normalized spacial score (nSPS) is 14.7. The van der Waals surface area contributed by atoms with Crippen LogP contribution in [0, 0.1) is 19.7 Å². The maximum absolute atomic E-state index is 13.4. The van der Waals surface area contributed by atoms with Crippen LogP contribution >= 0.6 is 0 Å². The number of aromatic nitrogens is 2. The van der Waals surface area contributed by atoms with Crippen LogP contribution in [-0.2, 0) is 6.54 Å². The van der Waals surface area contributed by atoms with Crippen molar-refractivity contribution in [2.24, 2.45) is 0 Å². The summed E-state index contributed by atoms with van der Waals surface area (Å²) >= 11 is 0. The molecule has 0 saturated carbocycles. The van der Waals surface area contributed by atoms with Gasteiger partial charge in [-0.1, -0.05) is 6.08 Å². The molecule has 5 heteroatoms. The molecule has 1 aromatic carbocycles. The summed E-state index contributed by atoms with van der Waals surface area (Å²) in [7, 11) is 0. The molecule has 4 nitrogen and oxygen atoms in total. The van der Waals surface area contributed by atoms with E-state index < -0.39 is 0 Å². The maximum Gasteiger partial charge on any atom is 0.255 e. The van der Waals surface area contributed by atoms with Crippen LogP contribution in [0.2, 0.25) is 0 Å². The molecule has 27 heavy (non-hydrogen) atoms. The zero-order valence-electron chi connectivity index (χ0n) is 16.0. The van der Waals surface area contributed by atoms with E-state index in [0.29, 0.717) is 13.1 Å². The molecular weight excluding hydrogens is 341 g/mol. The Morgan fingerprint density at radius 2 is 2.07 bits per heavy atom. The number of fused-ring (bicyclic) bond motifs is 1. The highest BCUT2D eigenvalue weighted by Crippen LogP contribution is 2.30. The molecule has 1 N–H and O–H groups in total. The molecule has 140 valence electrons. The number of halogens is 1. The third-order valence-electron chi connectivity index (χ3n) is 5.61. The van der Waals surface area contributed by atoms with E-state index >= 15 is 0 Å². The summed E-state index contributed by atoms with van der Waals surface area (Å²) in [4.78, 5) is 18.0. The molecule has 3 heterocycles. The summed E-state index contributed by atoms with van der Waals surface area (Å²) in [6.45, 7) is 8.31. The van der Waals surface area contributed by atoms with Gasteiger partial charge in [-0.05, 0) is 57.0 Å². The van der Waals surface area contributed by atoms with E-state index in [2.05, 4.69) is 22.6 Å². The minimum atomic E-state index is -0.241. The van der Waals surface area contributed by atoms with Crippen molar-refractivity contribution < 1.29 is 9.18 Å². The molecule has 1 aliphatic rings. The van der Waals surface area contributed by atoms with Crippen molar-refractivity contribution in [3.05, 3.63) is 64.9 Å². The van der Waals surface area contributed by atoms with Gasteiger partial charge in [0.05, 0.1) is 5.56 Å². The highest BCUT2D eigenvalue weighted by molar-refractivity contribution is 5.97. The van der Waals surface area contributed by atoms with E-state index in [1.54, 1.807) is 0 Å². The van der Waals surface area contributed by atoms with Crippen LogP contribution in [0.1, 0.15) is 40.7 Å². The summed E-state index contributed by atoms with van der Waals surface area (Å²) < 4.78 is 15.6. The van der Waals surface area contributed by atoms with E-state index in [1.807, 2.05) is 37.1 Å². The summed E-state index contributed by atoms with van der Waals surface area (Å²) in [5.41, 5.74) is 6.06. The first-order valence-corrected chi connectivity index (χ1v) is 9.41. The summed E-state index contributed by atoms with van der Waals surface area (Å²) in [5, 5.41) is 1.02. The number of hydrogen-bond acceptors (Lipinski definition) is 1. The van der Waals surface area contributed by atoms with Crippen LogP contribution in [0.15, 0.2) is 36.5 Å². The van der Waals surface area contributed by atoms with Gasteiger partial charge in [-0.3, -0.25) is 4.79 Å². The molecule has 3 aromatic rings. The maximum atomic E-state index is 13.4. The molecule has 1 amide bonds. The lowest BCUT2D eigenvalue weighted by Gasteiger charge is -2.26. The van der Waals surface area contributed by atoms with Crippen LogP contribution in [0.4, 0.5) is 4.39 Å². The molecular formula is C22H24FN3O. The van der Waals surface area contributed by atoms with Crippen molar-refractivity contribution in [3.8, 4) is 0 Å². The molecule has 0 unspecified atom stereocenters. The van der Waals surface area contributed by atoms with Gasteiger partial charge in [0, 0.05) is 53.7 Å². The number of benzene rings is 1. The van der Waals surface area contributed by atoms with E-state index in [0.717, 1.165) is 46.4 Å². The first-order chi connectivity index (χ1) is 13.0. The van der Waals surface area contributed by atoms with Crippen molar-refractivity contribution in [2.75, 3.05) is 13.1 Å². The van der Waals surface area contributed by atoms with Gasteiger partial charge in [0.1, 0.15) is 5.82 Å². The minimum absolute atomic E-state index is 0.0964. The number of aryl methyl sites for hydroxylation is 1. The fraction of sp³-hybridized carbons (Fsp3) is 0.318. The van der Waals surface area contributed by atoms with E-state index in [9.17, 15) is 9.18 Å². The predicted octanol–water partition coefficient (Wildman–Crippen LogP) is 4.67. The minimum Gasteiger partial charge on any atom is -0.360 e. The summed E-state index contributed by atoms with van der Waals surface area (Å²) in [6.07, 6.45) is 4.84. The number of nitrogens with one attached hydrogen (secondary N) is 1. The number of carbonyl (C=O) groups is 1. The third-order valence-corrected chi connectivity index (χ3v) is 5.61. The number of aromatic amines is 1. The van der Waals surface area contributed by atoms with E-state index in [-0.39, 0.29) is 11.7 Å². The van der Waals surface area contributed by atoms with Gasteiger partial charge >= 0.3 is 0 Å². The van der Waals surface area contributed by atoms with E-state index in [1.165, 1.54) is 17.7 Å². The predicted molar refractivity (Wildman–Crippen MR) is 106 cm³/mol. The number of H-pyrrole nitrogens is 1. The van der Waals surface area contributed by atoms with Crippen molar-refractivity contribution in [1.29, 1.82) is 0 Å². The second-order valence-corrected chi connectivity index (χ2v) is 7.15. The Hall–Kier alpha value is -2.82. The molecule has 1 aliphatic heterocycles. The standard InChI is InChI=1S/C22H24FN3O/c1-4-26-14(2)11-19(15(26)3)22(27)25-9-7-16(8-10-25)20-13-24-21-12-17(23)5-6-18(20)21/h5-7,11-13,24H,4,8-10H2,1-3H3. The Morgan fingerprint density at radius 1 is 1.26 bits per heavy atom. The lowest BCUT2D eigenvalue weighted by atomic mass is 9.98. The Morgan fingerprint density at radius 3 is 2.74 bits per heavy atom. The second kappa shape index (κ2) is 6.72. The Labute approximate surface area is 158 Å². The first kappa shape index (κ1) is 17.6. The fourth-order valence-corrected chi connectivity index (χ4v) is 4.14. The van der Waals surface area contributed by atoms with Crippen molar-refractivity contribution in [3.63, 3.8) is 0 Å². The highest BCUT2D eigenvalue weighted by atomic mass is 19.1. The molecule has 0 bridgehead atoms. The van der Waals surface area contributed by atoms with Crippen molar-refractivity contribution in [1.82, 2.24) is 14.5 Å². The van der Waals surface area contributed by atoms with Crippen LogP contribution in [0.5, 0.6) is 0 Å². The van der Waals surface area contributed by atoms with Crippen LogP contribution in [-0.4, -0.2) is 33.4 Å². The monoisotopic (exact) mass is 365 g/mol. The number of carbonyl (C=O) groups excluding carboxylic acids is 1. The Balaban J connectivity index is 1.57. The first-order valence-electron chi connectivity index (χ1n) is 9.41.